The first-order valence-electron chi connectivity index (χ1n) is 4.21. The van der Waals surface area contributed by atoms with Crippen LogP contribution in [-0.2, 0) is 0 Å². The maximum absolute atomic E-state index is 11.4. The van der Waals surface area contributed by atoms with E-state index in [-0.39, 0.29) is 18.1 Å². The van der Waals surface area contributed by atoms with Crippen molar-refractivity contribution in [3.05, 3.63) is 27.2 Å². The number of rotatable bonds is 2. The predicted octanol–water partition coefficient (Wildman–Crippen LogP) is 1.91. The van der Waals surface area contributed by atoms with Gasteiger partial charge in [0, 0.05) is 4.47 Å². The minimum atomic E-state index is -0.249. The van der Waals surface area contributed by atoms with Crippen LogP contribution in [0.4, 0.5) is 0 Å². The molecule has 14 heavy (non-hydrogen) atoms. The zero-order valence-corrected chi connectivity index (χ0v) is 9.68. The Morgan fingerprint density at radius 2 is 2.14 bits per heavy atom. The number of benzene rings is 1. The predicted molar refractivity (Wildman–Crippen MR) is 58.7 cm³/mol. The lowest BCUT2D eigenvalue weighted by Crippen LogP contribution is -2.15. The number of ketones is 1. The summed E-state index contributed by atoms with van der Waals surface area (Å²) in [4.78, 5) is 11.4. The van der Waals surface area contributed by atoms with Gasteiger partial charge < -0.3 is 10.8 Å². The van der Waals surface area contributed by atoms with Crippen molar-refractivity contribution in [3.63, 3.8) is 0 Å². The molecule has 3 nitrogen and oxygen atoms in total. The lowest BCUT2D eigenvalue weighted by atomic mass is 10.0. The Labute approximate surface area is 91.1 Å². The molecule has 0 unspecified atom stereocenters. The molecule has 3 N–H and O–H groups in total. The lowest BCUT2D eigenvalue weighted by Gasteiger charge is -2.10. The minimum absolute atomic E-state index is 0.00125. The van der Waals surface area contributed by atoms with Crippen molar-refractivity contribution in [1.82, 2.24) is 0 Å². The van der Waals surface area contributed by atoms with Crippen LogP contribution in [0, 0.1) is 13.8 Å². The third-order valence-electron chi connectivity index (χ3n) is 2.12. The van der Waals surface area contributed by atoms with E-state index in [0.717, 1.165) is 15.6 Å². The number of aryl methyl sites for hydroxylation is 1. The number of hydrogen-bond donors (Lipinski definition) is 2. The van der Waals surface area contributed by atoms with E-state index in [1.165, 1.54) is 0 Å². The van der Waals surface area contributed by atoms with E-state index >= 15 is 0 Å². The Kier molecular flexibility index (Phi) is 3.29. The highest BCUT2D eigenvalue weighted by Gasteiger charge is 2.16. The molecule has 0 atom stereocenters. The monoisotopic (exact) mass is 257 g/mol. The van der Waals surface area contributed by atoms with Gasteiger partial charge in [-0.3, -0.25) is 4.79 Å². The van der Waals surface area contributed by atoms with Crippen molar-refractivity contribution < 1.29 is 9.90 Å². The molecule has 0 radical (unpaired) electrons. The Hall–Kier alpha value is -0.870. The number of carbonyl (C=O) groups excluding carboxylic acids is 1. The second-order valence-corrected chi connectivity index (χ2v) is 3.95. The van der Waals surface area contributed by atoms with Gasteiger partial charge in [0.1, 0.15) is 5.75 Å². The highest BCUT2D eigenvalue weighted by Crippen LogP contribution is 2.31. The summed E-state index contributed by atoms with van der Waals surface area (Å²) in [5.74, 6) is -0.251. The van der Waals surface area contributed by atoms with E-state index in [1.807, 2.05) is 6.92 Å². The van der Waals surface area contributed by atoms with Gasteiger partial charge in [-0.05, 0) is 31.0 Å². The zero-order chi connectivity index (χ0) is 10.9. The second kappa shape index (κ2) is 4.11. The lowest BCUT2D eigenvalue weighted by molar-refractivity contribution is 0.0998. The molecule has 1 aromatic rings. The third kappa shape index (κ3) is 1.81. The van der Waals surface area contributed by atoms with Crippen molar-refractivity contribution in [2.24, 2.45) is 5.73 Å². The molecule has 0 fully saturated rings. The maximum atomic E-state index is 11.4. The van der Waals surface area contributed by atoms with Gasteiger partial charge in [0.05, 0.1) is 12.1 Å². The molecule has 0 aliphatic heterocycles. The van der Waals surface area contributed by atoms with Crippen molar-refractivity contribution in [2.75, 3.05) is 6.54 Å². The first-order chi connectivity index (χ1) is 6.49. The average Bonchev–Trinajstić information content (AvgIpc) is 2.14. The number of hydrogen-bond acceptors (Lipinski definition) is 3. The van der Waals surface area contributed by atoms with Gasteiger partial charge >= 0.3 is 0 Å². The summed E-state index contributed by atoms with van der Waals surface area (Å²) < 4.78 is 0.840. The number of carbonyl (C=O) groups is 1. The van der Waals surface area contributed by atoms with E-state index < -0.39 is 0 Å². The van der Waals surface area contributed by atoms with E-state index in [9.17, 15) is 9.90 Å². The largest absolute Gasteiger partial charge is 0.507 e. The van der Waals surface area contributed by atoms with Gasteiger partial charge in [-0.1, -0.05) is 15.9 Å². The molecule has 76 valence electrons. The molecule has 1 rings (SSSR count). The fourth-order valence-corrected chi connectivity index (χ4v) is 1.70. The fraction of sp³-hybridized carbons (Fsp3) is 0.300. The molecular weight excluding hydrogens is 246 g/mol. The quantitative estimate of drug-likeness (QED) is 0.796. The van der Waals surface area contributed by atoms with Gasteiger partial charge in [-0.25, -0.2) is 0 Å². The number of Topliss-reactive ketones (excluding diaryl/α,β-unsaturated/α-hetero) is 1. The smallest absolute Gasteiger partial charge is 0.180 e. The normalized spacial score (nSPS) is 10.3. The van der Waals surface area contributed by atoms with Crippen LogP contribution < -0.4 is 5.73 Å². The highest BCUT2D eigenvalue weighted by molar-refractivity contribution is 9.10. The van der Waals surface area contributed by atoms with Crippen LogP contribution in [0.2, 0.25) is 0 Å². The van der Waals surface area contributed by atoms with E-state index in [1.54, 1.807) is 13.0 Å². The van der Waals surface area contributed by atoms with Crippen LogP contribution in [0.3, 0.4) is 0 Å². The Morgan fingerprint density at radius 1 is 1.57 bits per heavy atom. The minimum Gasteiger partial charge on any atom is -0.507 e. The molecule has 0 spiro atoms. The Bertz CT molecular complexity index is 388. The molecule has 0 aromatic heterocycles. The van der Waals surface area contributed by atoms with Crippen LogP contribution in [-0.4, -0.2) is 17.4 Å². The molecule has 4 heteroatoms. The molecule has 0 amide bonds. The Morgan fingerprint density at radius 3 is 2.64 bits per heavy atom. The first-order valence-corrected chi connectivity index (χ1v) is 5.00. The van der Waals surface area contributed by atoms with Crippen molar-refractivity contribution in [3.8, 4) is 5.75 Å². The molecular formula is C10H12BrNO2. The molecule has 0 saturated carbocycles. The van der Waals surface area contributed by atoms with E-state index in [0.29, 0.717) is 5.56 Å². The van der Waals surface area contributed by atoms with Gasteiger partial charge in [0.25, 0.3) is 0 Å². The fourth-order valence-electron chi connectivity index (χ4n) is 1.39. The molecule has 1 aromatic carbocycles. The van der Waals surface area contributed by atoms with Crippen LogP contribution in [0.5, 0.6) is 5.75 Å². The topological polar surface area (TPSA) is 63.3 Å². The standard InChI is InChI=1S/C10H12BrNO2/c1-5-3-7(13)9(8(14)4-12)6(2)10(5)11/h3,13H,4,12H2,1-2H3. The zero-order valence-electron chi connectivity index (χ0n) is 8.10. The number of aromatic hydroxyl groups is 1. The highest BCUT2D eigenvalue weighted by atomic mass is 79.9. The number of phenolic OH excluding ortho intramolecular Hbond substituents is 1. The van der Waals surface area contributed by atoms with Gasteiger partial charge in [0.2, 0.25) is 0 Å². The summed E-state index contributed by atoms with van der Waals surface area (Å²) in [5.41, 5.74) is 7.20. The molecule has 0 aliphatic carbocycles. The van der Waals surface area contributed by atoms with Gasteiger partial charge in [-0.15, -0.1) is 0 Å². The summed E-state index contributed by atoms with van der Waals surface area (Å²) in [5, 5.41) is 9.60. The van der Waals surface area contributed by atoms with Crippen molar-refractivity contribution in [2.45, 2.75) is 13.8 Å². The summed E-state index contributed by atoms with van der Waals surface area (Å²) in [6, 6.07) is 1.56. The van der Waals surface area contributed by atoms with Crippen molar-refractivity contribution >= 4 is 21.7 Å². The SMILES string of the molecule is Cc1cc(O)c(C(=O)CN)c(C)c1Br. The molecule has 0 aliphatic rings. The summed E-state index contributed by atoms with van der Waals surface area (Å²) in [6.07, 6.45) is 0. The van der Waals surface area contributed by atoms with Crippen molar-refractivity contribution in [1.29, 1.82) is 0 Å². The summed E-state index contributed by atoms with van der Waals surface area (Å²) in [6.45, 7) is 3.54. The van der Waals surface area contributed by atoms with Gasteiger partial charge in [0.15, 0.2) is 5.78 Å². The van der Waals surface area contributed by atoms with Crippen LogP contribution >= 0.6 is 15.9 Å². The maximum Gasteiger partial charge on any atom is 0.180 e. The van der Waals surface area contributed by atoms with Crippen LogP contribution in [0.1, 0.15) is 21.5 Å². The number of nitrogens with two attached hydrogens (primary N) is 1. The van der Waals surface area contributed by atoms with E-state index in [2.05, 4.69) is 15.9 Å². The third-order valence-corrected chi connectivity index (χ3v) is 3.34. The second-order valence-electron chi connectivity index (χ2n) is 3.15. The first kappa shape index (κ1) is 11.2. The Balaban J connectivity index is 3.44. The van der Waals surface area contributed by atoms with Crippen LogP contribution in [0.15, 0.2) is 10.5 Å². The summed E-state index contributed by atoms with van der Waals surface area (Å²) in [7, 11) is 0. The summed E-state index contributed by atoms with van der Waals surface area (Å²) >= 11 is 3.36. The van der Waals surface area contributed by atoms with Gasteiger partial charge in [-0.2, -0.15) is 0 Å². The average molecular weight is 258 g/mol. The van der Waals surface area contributed by atoms with Crippen LogP contribution in [0.25, 0.3) is 0 Å². The molecule has 0 bridgehead atoms. The molecule has 0 saturated heterocycles. The van der Waals surface area contributed by atoms with E-state index in [4.69, 9.17) is 5.73 Å². The number of phenols is 1. The molecule has 0 heterocycles. The number of halogens is 1.